The molecule has 20 heavy (non-hydrogen) atoms. The number of carbonyl (C=O) groups is 1. The molecule has 1 aromatic carbocycles. The third kappa shape index (κ3) is 3.96. The molecule has 0 bridgehead atoms. The third-order valence-corrected chi connectivity index (χ3v) is 4.52. The van der Waals surface area contributed by atoms with Gasteiger partial charge in [-0.15, -0.1) is 0 Å². The van der Waals surface area contributed by atoms with E-state index >= 15 is 0 Å². The summed E-state index contributed by atoms with van der Waals surface area (Å²) in [6.45, 7) is 5.88. The van der Waals surface area contributed by atoms with E-state index in [4.69, 9.17) is 5.73 Å². The van der Waals surface area contributed by atoms with Crippen molar-refractivity contribution < 1.29 is 4.79 Å². The molecule has 5 heteroatoms. The van der Waals surface area contributed by atoms with Gasteiger partial charge >= 0.3 is 0 Å². The normalized spacial score (nSPS) is 23.6. The summed E-state index contributed by atoms with van der Waals surface area (Å²) in [5, 5.41) is 2.94. The highest BCUT2D eigenvalue weighted by Crippen LogP contribution is 2.25. The molecule has 1 saturated heterocycles. The van der Waals surface area contributed by atoms with Crippen LogP contribution in [-0.4, -0.2) is 29.9 Å². The van der Waals surface area contributed by atoms with E-state index in [1.165, 1.54) is 12.8 Å². The van der Waals surface area contributed by atoms with Gasteiger partial charge in [-0.3, -0.25) is 9.69 Å². The van der Waals surface area contributed by atoms with Crippen LogP contribution in [0.2, 0.25) is 0 Å². The molecular weight excluding hydrogens is 318 g/mol. The second kappa shape index (κ2) is 6.59. The Morgan fingerprint density at radius 2 is 2.20 bits per heavy atom. The zero-order valence-corrected chi connectivity index (χ0v) is 13.6. The fraction of sp³-hybridized carbons (Fsp3) is 0.533. The molecule has 1 fully saturated rings. The smallest absolute Gasteiger partial charge is 0.238 e. The van der Waals surface area contributed by atoms with E-state index in [0.29, 0.717) is 24.2 Å². The average Bonchev–Trinajstić information content (AvgIpc) is 2.37. The minimum absolute atomic E-state index is 0.0245. The van der Waals surface area contributed by atoms with Gasteiger partial charge in [0.15, 0.2) is 0 Å². The van der Waals surface area contributed by atoms with Gasteiger partial charge in [-0.1, -0.05) is 6.92 Å². The Morgan fingerprint density at radius 1 is 1.45 bits per heavy atom. The van der Waals surface area contributed by atoms with Gasteiger partial charge in [-0.2, -0.15) is 0 Å². The van der Waals surface area contributed by atoms with Gasteiger partial charge in [0.05, 0.1) is 12.2 Å². The summed E-state index contributed by atoms with van der Waals surface area (Å²) in [6, 6.07) is 5.87. The van der Waals surface area contributed by atoms with E-state index in [0.717, 1.165) is 16.7 Å². The molecule has 0 saturated carbocycles. The summed E-state index contributed by atoms with van der Waals surface area (Å²) >= 11 is 3.41. The zero-order valence-electron chi connectivity index (χ0n) is 12.0. The Morgan fingerprint density at radius 3 is 2.90 bits per heavy atom. The van der Waals surface area contributed by atoms with Crippen molar-refractivity contribution >= 4 is 33.2 Å². The summed E-state index contributed by atoms with van der Waals surface area (Å²) in [5.74, 6) is 0.693. The quantitative estimate of drug-likeness (QED) is 0.832. The van der Waals surface area contributed by atoms with Gasteiger partial charge in [0, 0.05) is 22.7 Å². The van der Waals surface area contributed by atoms with E-state index in [9.17, 15) is 4.79 Å². The van der Waals surface area contributed by atoms with Gasteiger partial charge < -0.3 is 11.1 Å². The van der Waals surface area contributed by atoms with Crippen molar-refractivity contribution in [1.29, 1.82) is 0 Å². The summed E-state index contributed by atoms with van der Waals surface area (Å²) in [7, 11) is 0. The fourth-order valence-corrected chi connectivity index (χ4v) is 3.10. The maximum atomic E-state index is 12.2. The van der Waals surface area contributed by atoms with Crippen LogP contribution in [0, 0.1) is 5.92 Å². The maximum Gasteiger partial charge on any atom is 0.238 e. The maximum absolute atomic E-state index is 12.2. The number of likely N-dealkylation sites (tertiary alicyclic amines) is 1. The van der Waals surface area contributed by atoms with Crippen LogP contribution in [0.4, 0.5) is 11.4 Å². The van der Waals surface area contributed by atoms with Crippen LogP contribution in [0.3, 0.4) is 0 Å². The number of halogens is 1. The summed E-state index contributed by atoms with van der Waals surface area (Å²) in [4.78, 5) is 14.4. The van der Waals surface area contributed by atoms with Crippen LogP contribution in [-0.2, 0) is 4.79 Å². The van der Waals surface area contributed by atoms with Crippen molar-refractivity contribution in [3.05, 3.63) is 22.7 Å². The number of hydrogen-bond donors (Lipinski definition) is 2. The lowest BCUT2D eigenvalue weighted by molar-refractivity contribution is -0.118. The number of anilines is 2. The molecule has 1 amide bonds. The molecule has 3 N–H and O–H groups in total. The highest BCUT2D eigenvalue weighted by molar-refractivity contribution is 9.10. The largest absolute Gasteiger partial charge is 0.399 e. The van der Waals surface area contributed by atoms with Gasteiger partial charge in [0.2, 0.25) is 5.91 Å². The van der Waals surface area contributed by atoms with Crippen LogP contribution in [0.25, 0.3) is 0 Å². The Bertz CT molecular complexity index is 492. The number of nitrogens with one attached hydrogen (secondary N) is 1. The molecule has 0 spiro atoms. The molecule has 2 atom stereocenters. The first kappa shape index (κ1) is 15.3. The predicted molar refractivity (Wildman–Crippen MR) is 86.6 cm³/mol. The van der Waals surface area contributed by atoms with E-state index in [-0.39, 0.29) is 5.91 Å². The first-order valence-electron chi connectivity index (χ1n) is 7.04. The molecule has 1 aromatic rings. The van der Waals surface area contributed by atoms with Gasteiger partial charge in [-0.25, -0.2) is 0 Å². The minimum atomic E-state index is 0.0245. The predicted octanol–water partition coefficient (Wildman–Crippen LogP) is 3.09. The number of piperidine rings is 1. The van der Waals surface area contributed by atoms with Crippen molar-refractivity contribution in [1.82, 2.24) is 4.90 Å². The van der Waals surface area contributed by atoms with Crippen molar-refractivity contribution in [2.45, 2.75) is 32.7 Å². The zero-order chi connectivity index (χ0) is 14.7. The molecule has 0 radical (unpaired) electrons. The van der Waals surface area contributed by atoms with Gasteiger partial charge in [0.25, 0.3) is 0 Å². The lowest BCUT2D eigenvalue weighted by atomic mass is 9.95. The summed E-state index contributed by atoms with van der Waals surface area (Å²) in [5.41, 5.74) is 7.13. The SMILES string of the molecule is CC1CCC(C)N(CC(=O)Nc2ccc(N)cc2Br)C1. The average molecular weight is 340 g/mol. The first-order valence-corrected chi connectivity index (χ1v) is 7.84. The Labute approximate surface area is 128 Å². The topological polar surface area (TPSA) is 58.4 Å². The first-order chi connectivity index (χ1) is 9.45. The lowest BCUT2D eigenvalue weighted by Gasteiger charge is -2.36. The van der Waals surface area contributed by atoms with Crippen molar-refractivity contribution in [2.24, 2.45) is 5.92 Å². The molecule has 0 aliphatic carbocycles. The van der Waals surface area contributed by atoms with Crippen LogP contribution in [0.15, 0.2) is 22.7 Å². The number of rotatable bonds is 3. The molecule has 1 heterocycles. The van der Waals surface area contributed by atoms with Crippen molar-refractivity contribution in [2.75, 3.05) is 24.1 Å². The Kier molecular flexibility index (Phi) is 5.05. The van der Waals surface area contributed by atoms with E-state index in [1.54, 1.807) is 12.1 Å². The second-order valence-corrected chi connectivity index (χ2v) is 6.60. The molecule has 110 valence electrons. The van der Waals surface area contributed by atoms with Gasteiger partial charge in [0.1, 0.15) is 0 Å². The molecular formula is C15H22BrN3O. The molecule has 1 aliphatic heterocycles. The van der Waals surface area contributed by atoms with Crippen LogP contribution >= 0.6 is 15.9 Å². The van der Waals surface area contributed by atoms with Crippen LogP contribution < -0.4 is 11.1 Å². The third-order valence-electron chi connectivity index (χ3n) is 3.86. The Balaban J connectivity index is 1.94. The molecule has 2 rings (SSSR count). The number of benzene rings is 1. The number of nitrogen functional groups attached to an aromatic ring is 1. The molecule has 0 aromatic heterocycles. The number of nitrogens with two attached hydrogens (primary N) is 1. The summed E-state index contributed by atoms with van der Waals surface area (Å²) in [6.07, 6.45) is 2.42. The number of carbonyl (C=O) groups excluding carboxylic acids is 1. The van der Waals surface area contributed by atoms with Crippen molar-refractivity contribution in [3.8, 4) is 0 Å². The second-order valence-electron chi connectivity index (χ2n) is 5.75. The minimum Gasteiger partial charge on any atom is -0.399 e. The lowest BCUT2D eigenvalue weighted by Crippen LogP contribution is -2.45. The number of hydrogen-bond acceptors (Lipinski definition) is 3. The van der Waals surface area contributed by atoms with E-state index in [2.05, 4.69) is 40.0 Å². The number of amides is 1. The van der Waals surface area contributed by atoms with Crippen LogP contribution in [0.1, 0.15) is 26.7 Å². The standard InChI is InChI=1S/C15H22BrN3O/c1-10-3-4-11(2)19(8-10)9-15(20)18-14-6-5-12(17)7-13(14)16/h5-7,10-11H,3-4,8-9,17H2,1-2H3,(H,18,20). The monoisotopic (exact) mass is 339 g/mol. The fourth-order valence-electron chi connectivity index (χ4n) is 2.61. The van der Waals surface area contributed by atoms with E-state index in [1.807, 2.05) is 6.07 Å². The molecule has 1 aliphatic rings. The summed E-state index contributed by atoms with van der Waals surface area (Å²) < 4.78 is 0.811. The number of nitrogens with zero attached hydrogens (tertiary/aromatic N) is 1. The van der Waals surface area contributed by atoms with Crippen LogP contribution in [0.5, 0.6) is 0 Å². The highest BCUT2D eigenvalue weighted by atomic mass is 79.9. The van der Waals surface area contributed by atoms with E-state index < -0.39 is 0 Å². The Hall–Kier alpha value is -1.07. The molecule has 2 unspecified atom stereocenters. The highest BCUT2D eigenvalue weighted by Gasteiger charge is 2.24. The van der Waals surface area contributed by atoms with Gasteiger partial charge in [-0.05, 0) is 59.8 Å². The van der Waals surface area contributed by atoms with Crippen molar-refractivity contribution in [3.63, 3.8) is 0 Å². The molecule has 4 nitrogen and oxygen atoms in total.